The first kappa shape index (κ1) is 13.5. The molecule has 0 fully saturated rings. The van der Waals surface area contributed by atoms with Gasteiger partial charge in [0.2, 0.25) is 0 Å². The van der Waals surface area contributed by atoms with E-state index in [0.29, 0.717) is 5.88 Å². The first-order valence-corrected chi connectivity index (χ1v) is 7.43. The molecule has 0 saturated carbocycles. The van der Waals surface area contributed by atoms with E-state index in [0.717, 1.165) is 32.8 Å². The predicted octanol–water partition coefficient (Wildman–Crippen LogP) is 4.54. The number of fused-ring (bicyclic) bond motifs is 1. The highest BCUT2D eigenvalue weighted by Crippen LogP contribution is 2.30. The minimum Gasteiger partial charge on any atom is -0.495 e. The number of aromatic nitrogens is 2. The molecule has 1 aromatic heterocycles. The lowest BCUT2D eigenvalue weighted by Crippen LogP contribution is -2.01. The average Bonchev–Trinajstić information content (AvgIpc) is 2.84. The Hall–Kier alpha value is -1.52. The van der Waals surface area contributed by atoms with Crippen molar-refractivity contribution in [1.82, 2.24) is 9.55 Å². The molecule has 0 unspecified atom stereocenters. The number of hydrogen-bond donors (Lipinski definition) is 0. The van der Waals surface area contributed by atoms with Crippen molar-refractivity contribution in [2.45, 2.75) is 5.88 Å². The summed E-state index contributed by atoms with van der Waals surface area (Å²) in [7, 11) is 1.66. The summed E-state index contributed by atoms with van der Waals surface area (Å²) in [4.78, 5) is 4.59. The molecule has 0 aliphatic rings. The molecule has 0 saturated heterocycles. The lowest BCUT2D eigenvalue weighted by molar-refractivity contribution is 0.413. The van der Waals surface area contributed by atoms with Gasteiger partial charge in [-0.15, -0.1) is 11.6 Å². The van der Waals surface area contributed by atoms with Gasteiger partial charge in [0, 0.05) is 4.47 Å². The summed E-state index contributed by atoms with van der Waals surface area (Å²) < 4.78 is 8.47. The molecular weight excluding hydrogens is 340 g/mol. The van der Waals surface area contributed by atoms with Gasteiger partial charge in [-0.3, -0.25) is 4.57 Å². The van der Waals surface area contributed by atoms with E-state index in [1.165, 1.54) is 0 Å². The summed E-state index contributed by atoms with van der Waals surface area (Å²) in [5.74, 6) is 1.93. The first-order chi connectivity index (χ1) is 9.74. The zero-order chi connectivity index (χ0) is 14.1. The summed E-state index contributed by atoms with van der Waals surface area (Å²) in [5.41, 5.74) is 2.85. The third kappa shape index (κ3) is 2.19. The van der Waals surface area contributed by atoms with Gasteiger partial charge in [0.15, 0.2) is 0 Å². The highest BCUT2D eigenvalue weighted by molar-refractivity contribution is 9.10. The zero-order valence-corrected chi connectivity index (χ0v) is 13.1. The molecule has 0 amide bonds. The molecule has 3 nitrogen and oxygen atoms in total. The van der Waals surface area contributed by atoms with Gasteiger partial charge in [0.05, 0.1) is 29.7 Å². The molecule has 0 N–H and O–H groups in total. The fourth-order valence-corrected chi connectivity index (χ4v) is 2.80. The van der Waals surface area contributed by atoms with Crippen molar-refractivity contribution in [1.29, 1.82) is 0 Å². The van der Waals surface area contributed by atoms with Crippen molar-refractivity contribution >= 4 is 38.6 Å². The number of hydrogen-bond acceptors (Lipinski definition) is 2. The fourth-order valence-electron chi connectivity index (χ4n) is 2.28. The van der Waals surface area contributed by atoms with Crippen LogP contribution >= 0.6 is 27.5 Å². The Morgan fingerprint density at radius 3 is 2.80 bits per heavy atom. The Morgan fingerprint density at radius 1 is 1.25 bits per heavy atom. The number of rotatable bonds is 3. The molecule has 20 heavy (non-hydrogen) atoms. The maximum absolute atomic E-state index is 6.05. The van der Waals surface area contributed by atoms with Crippen LogP contribution in [-0.2, 0) is 5.88 Å². The molecule has 0 aliphatic carbocycles. The van der Waals surface area contributed by atoms with Crippen LogP contribution in [0.4, 0.5) is 0 Å². The maximum Gasteiger partial charge on any atom is 0.142 e. The van der Waals surface area contributed by atoms with E-state index in [1.807, 2.05) is 47.0 Å². The van der Waals surface area contributed by atoms with Crippen LogP contribution in [0.5, 0.6) is 5.75 Å². The molecule has 3 rings (SSSR count). The van der Waals surface area contributed by atoms with E-state index in [1.54, 1.807) is 7.11 Å². The minimum atomic E-state index is 0.338. The van der Waals surface area contributed by atoms with Crippen molar-refractivity contribution in [3.63, 3.8) is 0 Å². The van der Waals surface area contributed by atoms with Gasteiger partial charge in [-0.1, -0.05) is 28.1 Å². The van der Waals surface area contributed by atoms with Gasteiger partial charge >= 0.3 is 0 Å². The molecule has 0 bridgehead atoms. The third-order valence-electron chi connectivity index (χ3n) is 3.13. The zero-order valence-electron chi connectivity index (χ0n) is 10.8. The molecule has 5 heteroatoms. The van der Waals surface area contributed by atoms with Crippen LogP contribution in [0, 0.1) is 0 Å². The van der Waals surface area contributed by atoms with Crippen LogP contribution in [0.1, 0.15) is 5.82 Å². The molecule has 2 aromatic carbocycles. The molecule has 102 valence electrons. The van der Waals surface area contributed by atoms with Gasteiger partial charge in [-0.2, -0.15) is 0 Å². The standard InChI is InChI=1S/C15H12BrClN2O/c1-20-14-5-3-2-4-13(14)19-12-7-6-10(16)8-11(12)18-15(19)9-17/h2-8H,9H2,1H3. The molecule has 0 radical (unpaired) electrons. The van der Waals surface area contributed by atoms with Gasteiger partial charge in [-0.05, 0) is 30.3 Å². The second-order valence-electron chi connectivity index (χ2n) is 4.30. The first-order valence-electron chi connectivity index (χ1n) is 6.11. The van der Waals surface area contributed by atoms with E-state index in [4.69, 9.17) is 16.3 Å². The van der Waals surface area contributed by atoms with E-state index >= 15 is 0 Å². The fraction of sp³-hybridized carbons (Fsp3) is 0.133. The summed E-state index contributed by atoms with van der Waals surface area (Å²) in [6.45, 7) is 0. The van der Waals surface area contributed by atoms with Crippen LogP contribution in [0.15, 0.2) is 46.9 Å². The monoisotopic (exact) mass is 350 g/mol. The van der Waals surface area contributed by atoms with Gasteiger partial charge in [0.25, 0.3) is 0 Å². The van der Waals surface area contributed by atoms with Crippen LogP contribution in [0.25, 0.3) is 16.7 Å². The second-order valence-corrected chi connectivity index (χ2v) is 5.48. The number of ether oxygens (including phenoxy) is 1. The summed E-state index contributed by atoms with van der Waals surface area (Å²) >= 11 is 9.52. The second kappa shape index (κ2) is 5.46. The predicted molar refractivity (Wildman–Crippen MR) is 84.9 cm³/mol. The highest BCUT2D eigenvalue weighted by atomic mass is 79.9. The number of methoxy groups -OCH3 is 1. The number of para-hydroxylation sites is 2. The average molecular weight is 352 g/mol. The largest absolute Gasteiger partial charge is 0.495 e. The van der Waals surface area contributed by atoms with Crippen molar-refractivity contribution in [3.8, 4) is 11.4 Å². The Bertz CT molecular complexity index is 770. The van der Waals surface area contributed by atoms with Gasteiger partial charge in [0.1, 0.15) is 11.6 Å². The number of imidazole rings is 1. The van der Waals surface area contributed by atoms with E-state index < -0.39 is 0 Å². The van der Waals surface area contributed by atoms with E-state index in [-0.39, 0.29) is 0 Å². The summed E-state index contributed by atoms with van der Waals surface area (Å²) in [6, 6.07) is 13.8. The number of benzene rings is 2. The molecular formula is C15H12BrClN2O. The van der Waals surface area contributed by atoms with Crippen LogP contribution in [0.2, 0.25) is 0 Å². The van der Waals surface area contributed by atoms with Crippen LogP contribution < -0.4 is 4.74 Å². The SMILES string of the molecule is COc1ccccc1-n1c(CCl)nc2cc(Br)ccc21. The number of nitrogens with zero attached hydrogens (tertiary/aromatic N) is 2. The van der Waals surface area contributed by atoms with Crippen LogP contribution in [-0.4, -0.2) is 16.7 Å². The Morgan fingerprint density at radius 2 is 2.05 bits per heavy atom. The maximum atomic E-state index is 6.05. The molecule has 0 aliphatic heterocycles. The summed E-state index contributed by atoms with van der Waals surface area (Å²) in [5, 5.41) is 0. The van der Waals surface area contributed by atoms with E-state index in [2.05, 4.69) is 20.9 Å². The van der Waals surface area contributed by atoms with Crippen molar-refractivity contribution in [2.24, 2.45) is 0 Å². The van der Waals surface area contributed by atoms with Crippen molar-refractivity contribution < 1.29 is 4.74 Å². The molecule has 0 atom stereocenters. The van der Waals surface area contributed by atoms with Crippen molar-refractivity contribution in [3.05, 3.63) is 52.8 Å². The van der Waals surface area contributed by atoms with Crippen molar-refractivity contribution in [2.75, 3.05) is 7.11 Å². The molecule has 1 heterocycles. The number of alkyl halides is 1. The normalized spacial score (nSPS) is 10.9. The van der Waals surface area contributed by atoms with Crippen LogP contribution in [0.3, 0.4) is 0 Å². The van der Waals surface area contributed by atoms with Gasteiger partial charge < -0.3 is 4.74 Å². The third-order valence-corrected chi connectivity index (χ3v) is 3.86. The smallest absolute Gasteiger partial charge is 0.142 e. The topological polar surface area (TPSA) is 27.1 Å². The lowest BCUT2D eigenvalue weighted by Gasteiger charge is -2.12. The number of halogens is 2. The molecule has 0 spiro atoms. The highest BCUT2D eigenvalue weighted by Gasteiger charge is 2.14. The Labute approximate surface area is 130 Å². The lowest BCUT2D eigenvalue weighted by atomic mass is 10.2. The quantitative estimate of drug-likeness (QED) is 0.648. The minimum absolute atomic E-state index is 0.338. The Balaban J connectivity index is 2.34. The summed E-state index contributed by atoms with van der Waals surface area (Å²) in [6.07, 6.45) is 0. The molecule has 3 aromatic rings. The Kier molecular flexibility index (Phi) is 3.68. The van der Waals surface area contributed by atoms with E-state index in [9.17, 15) is 0 Å². The van der Waals surface area contributed by atoms with Gasteiger partial charge in [-0.25, -0.2) is 4.98 Å².